The van der Waals surface area contributed by atoms with Gasteiger partial charge in [-0.1, -0.05) is 27.5 Å². The standard InChI is InChI=1S/C16H9Br3ClN3O3/c17-7-3-9-14(11(19)4-7)21-16(25)15(9)23-22-13(24)6-26-12-2-1-8(20)5-10(12)18/h1-5,21,25H,6H2. The molecule has 10 heteroatoms. The van der Waals surface area contributed by atoms with Gasteiger partial charge in [-0.2, -0.15) is 0 Å². The Hall–Kier alpha value is -1.42. The number of ether oxygens (including phenoxy) is 1. The van der Waals surface area contributed by atoms with Crippen LogP contribution in [-0.2, 0) is 4.79 Å². The van der Waals surface area contributed by atoms with Crippen LogP contribution in [-0.4, -0.2) is 22.6 Å². The molecule has 0 aliphatic heterocycles. The molecule has 1 heterocycles. The zero-order valence-electron chi connectivity index (χ0n) is 12.8. The van der Waals surface area contributed by atoms with Crippen LogP contribution < -0.4 is 4.74 Å². The average molecular weight is 566 g/mol. The SMILES string of the molecule is O=C(COc1ccc(Cl)cc1Br)N=Nc1c(O)[nH]c2c(Br)cc(Br)cc12. The molecule has 6 nitrogen and oxygen atoms in total. The van der Waals surface area contributed by atoms with Crippen molar-refractivity contribution < 1.29 is 14.6 Å². The number of aromatic amines is 1. The Labute approximate surface area is 178 Å². The molecule has 3 aromatic rings. The number of carbonyl (C=O) groups excluding carboxylic acids is 1. The van der Waals surface area contributed by atoms with Gasteiger partial charge in [0.15, 0.2) is 12.3 Å². The van der Waals surface area contributed by atoms with Crippen LogP contribution in [0.25, 0.3) is 10.9 Å². The maximum atomic E-state index is 11.9. The molecule has 134 valence electrons. The summed E-state index contributed by atoms with van der Waals surface area (Å²) < 4.78 is 7.53. The number of fused-ring (bicyclic) bond motifs is 1. The number of aromatic nitrogens is 1. The third kappa shape index (κ3) is 4.28. The van der Waals surface area contributed by atoms with Crippen molar-refractivity contribution in [1.82, 2.24) is 4.98 Å². The van der Waals surface area contributed by atoms with Gasteiger partial charge in [0, 0.05) is 19.4 Å². The molecule has 0 fully saturated rings. The highest BCUT2D eigenvalue weighted by Gasteiger charge is 2.14. The summed E-state index contributed by atoms with van der Waals surface area (Å²) in [5.41, 5.74) is 0.816. The molecule has 0 saturated heterocycles. The van der Waals surface area contributed by atoms with Gasteiger partial charge in [0.05, 0.1) is 9.99 Å². The van der Waals surface area contributed by atoms with E-state index in [0.29, 0.717) is 26.1 Å². The molecule has 3 rings (SSSR count). The first-order valence-corrected chi connectivity index (χ1v) is 9.83. The van der Waals surface area contributed by atoms with Crippen molar-refractivity contribution in [2.75, 3.05) is 6.61 Å². The van der Waals surface area contributed by atoms with Crippen molar-refractivity contribution in [3.8, 4) is 11.6 Å². The fourth-order valence-corrected chi connectivity index (χ4v) is 4.28. The predicted octanol–water partition coefficient (Wildman–Crippen LogP) is 6.50. The van der Waals surface area contributed by atoms with E-state index in [0.717, 1.165) is 8.95 Å². The van der Waals surface area contributed by atoms with E-state index in [1.807, 2.05) is 6.07 Å². The lowest BCUT2D eigenvalue weighted by molar-refractivity contribution is -0.120. The van der Waals surface area contributed by atoms with Gasteiger partial charge in [0.25, 0.3) is 0 Å². The molecule has 1 aromatic heterocycles. The number of hydrogen-bond donors (Lipinski definition) is 2. The first-order valence-electron chi connectivity index (χ1n) is 7.07. The summed E-state index contributed by atoms with van der Waals surface area (Å²) in [6, 6.07) is 8.52. The molecule has 0 aliphatic rings. The largest absolute Gasteiger partial charge is 0.493 e. The maximum absolute atomic E-state index is 11.9. The molecule has 0 spiro atoms. The Balaban J connectivity index is 1.76. The second-order valence-electron chi connectivity index (χ2n) is 5.09. The maximum Gasteiger partial charge on any atom is 0.302 e. The van der Waals surface area contributed by atoms with Gasteiger partial charge in [-0.3, -0.25) is 4.79 Å². The predicted molar refractivity (Wildman–Crippen MR) is 110 cm³/mol. The van der Waals surface area contributed by atoms with E-state index in [1.54, 1.807) is 24.3 Å². The number of nitrogens with one attached hydrogen (secondary N) is 1. The van der Waals surface area contributed by atoms with E-state index in [9.17, 15) is 9.90 Å². The molecular weight excluding hydrogens is 557 g/mol. The van der Waals surface area contributed by atoms with Crippen molar-refractivity contribution in [2.24, 2.45) is 10.2 Å². The zero-order valence-corrected chi connectivity index (χ0v) is 18.3. The van der Waals surface area contributed by atoms with Crippen molar-refractivity contribution >= 4 is 81.9 Å². The monoisotopic (exact) mass is 563 g/mol. The fourth-order valence-electron chi connectivity index (χ4n) is 2.16. The zero-order chi connectivity index (χ0) is 18.8. The summed E-state index contributed by atoms with van der Waals surface area (Å²) >= 11 is 15.9. The molecular formula is C16H9Br3ClN3O3. The van der Waals surface area contributed by atoms with Crippen LogP contribution in [0.5, 0.6) is 11.6 Å². The molecule has 26 heavy (non-hydrogen) atoms. The van der Waals surface area contributed by atoms with E-state index < -0.39 is 5.91 Å². The van der Waals surface area contributed by atoms with Crippen molar-refractivity contribution in [3.63, 3.8) is 0 Å². The molecule has 0 bridgehead atoms. The summed E-state index contributed by atoms with van der Waals surface area (Å²) in [5.74, 6) is -0.327. The van der Waals surface area contributed by atoms with Crippen molar-refractivity contribution in [1.29, 1.82) is 0 Å². The number of hydrogen-bond acceptors (Lipinski definition) is 4. The second-order valence-corrected chi connectivity index (χ2v) is 8.15. The number of nitrogens with zero attached hydrogens (tertiary/aromatic N) is 2. The quantitative estimate of drug-likeness (QED) is 0.354. The number of rotatable bonds is 4. The fraction of sp³-hybridized carbons (Fsp3) is 0.0625. The molecule has 0 saturated carbocycles. The molecule has 0 unspecified atom stereocenters. The highest BCUT2D eigenvalue weighted by atomic mass is 79.9. The Bertz CT molecular complexity index is 1040. The number of H-pyrrole nitrogens is 1. The summed E-state index contributed by atoms with van der Waals surface area (Å²) in [6.45, 7) is -0.305. The van der Waals surface area contributed by atoms with Gasteiger partial charge in [-0.25, -0.2) is 0 Å². The third-order valence-electron chi connectivity index (χ3n) is 3.28. The smallest absolute Gasteiger partial charge is 0.302 e. The number of aromatic hydroxyl groups is 1. The van der Waals surface area contributed by atoms with Crippen LogP contribution in [0.4, 0.5) is 5.69 Å². The minimum atomic E-state index is -0.602. The molecule has 0 atom stereocenters. The number of benzene rings is 2. The van der Waals surface area contributed by atoms with E-state index in [4.69, 9.17) is 16.3 Å². The van der Waals surface area contributed by atoms with E-state index in [2.05, 4.69) is 63.0 Å². The van der Waals surface area contributed by atoms with Gasteiger partial charge in [0.2, 0.25) is 5.88 Å². The number of halogens is 4. The van der Waals surface area contributed by atoms with Gasteiger partial charge < -0.3 is 14.8 Å². The average Bonchev–Trinajstić information content (AvgIpc) is 2.88. The Morgan fingerprint density at radius 2 is 1.96 bits per heavy atom. The Morgan fingerprint density at radius 1 is 1.19 bits per heavy atom. The molecule has 0 radical (unpaired) electrons. The highest BCUT2D eigenvalue weighted by molar-refractivity contribution is 9.11. The lowest BCUT2D eigenvalue weighted by atomic mass is 10.2. The number of amides is 1. The topological polar surface area (TPSA) is 87.0 Å². The Morgan fingerprint density at radius 3 is 2.69 bits per heavy atom. The summed E-state index contributed by atoms with van der Waals surface area (Å²) in [5, 5.41) is 18.7. The van der Waals surface area contributed by atoms with E-state index >= 15 is 0 Å². The number of carbonyl (C=O) groups is 1. The summed E-state index contributed by atoms with van der Waals surface area (Å²) in [6.07, 6.45) is 0. The summed E-state index contributed by atoms with van der Waals surface area (Å²) in [7, 11) is 0. The van der Waals surface area contributed by atoms with Crippen LogP contribution in [0.3, 0.4) is 0 Å². The van der Waals surface area contributed by atoms with Crippen LogP contribution in [0.15, 0.2) is 54.0 Å². The van der Waals surface area contributed by atoms with Crippen LogP contribution in [0.1, 0.15) is 0 Å². The summed E-state index contributed by atoms with van der Waals surface area (Å²) in [4.78, 5) is 14.7. The van der Waals surface area contributed by atoms with Crippen molar-refractivity contribution in [3.05, 3.63) is 48.8 Å². The lowest BCUT2D eigenvalue weighted by Crippen LogP contribution is -2.08. The van der Waals surface area contributed by atoms with Crippen molar-refractivity contribution in [2.45, 2.75) is 0 Å². The van der Waals surface area contributed by atoms with Crippen LogP contribution in [0.2, 0.25) is 5.02 Å². The second kappa shape index (κ2) is 8.08. The normalized spacial score (nSPS) is 11.4. The van der Waals surface area contributed by atoms with Gasteiger partial charge >= 0.3 is 5.91 Å². The highest BCUT2D eigenvalue weighted by Crippen LogP contribution is 2.40. The van der Waals surface area contributed by atoms with E-state index in [1.165, 1.54) is 0 Å². The number of azo groups is 1. The minimum Gasteiger partial charge on any atom is -0.493 e. The lowest BCUT2D eigenvalue weighted by Gasteiger charge is -2.05. The molecule has 2 N–H and O–H groups in total. The first kappa shape index (κ1) is 19.3. The van der Waals surface area contributed by atoms with Crippen LogP contribution >= 0.6 is 59.4 Å². The molecule has 2 aromatic carbocycles. The van der Waals surface area contributed by atoms with Crippen LogP contribution in [0, 0.1) is 0 Å². The van der Waals surface area contributed by atoms with E-state index in [-0.39, 0.29) is 18.2 Å². The Kier molecular flexibility index (Phi) is 6.01. The third-order valence-corrected chi connectivity index (χ3v) is 5.22. The first-order chi connectivity index (χ1) is 12.3. The van der Waals surface area contributed by atoms with Gasteiger partial charge in [0.1, 0.15) is 5.75 Å². The molecule has 0 aliphatic carbocycles. The van der Waals surface area contributed by atoms with Gasteiger partial charge in [-0.15, -0.1) is 10.2 Å². The molecule has 1 amide bonds. The van der Waals surface area contributed by atoms with Gasteiger partial charge in [-0.05, 0) is 62.2 Å². The minimum absolute atomic E-state index is 0.169.